The third-order valence-corrected chi connectivity index (χ3v) is 5.09. The van der Waals surface area contributed by atoms with E-state index in [0.29, 0.717) is 31.2 Å². The quantitative estimate of drug-likeness (QED) is 0.844. The molecule has 1 aliphatic rings. The lowest BCUT2D eigenvalue weighted by Crippen LogP contribution is -2.42. The molecule has 2 aromatic carbocycles. The van der Waals surface area contributed by atoms with Crippen LogP contribution in [0.15, 0.2) is 54.6 Å². The predicted molar refractivity (Wildman–Crippen MR) is 95.8 cm³/mol. The average molecular weight is 359 g/mol. The Bertz CT molecular complexity index is 723. The minimum Gasteiger partial charge on any atom is -0.385 e. The number of benzene rings is 2. The second kappa shape index (κ2) is 7.96. The van der Waals surface area contributed by atoms with E-state index in [1.165, 1.54) is 12.1 Å². The van der Waals surface area contributed by atoms with Gasteiger partial charge in [0.15, 0.2) is 0 Å². The number of rotatable bonds is 5. The highest BCUT2D eigenvalue weighted by Crippen LogP contribution is 2.36. The number of hydrogen-bond donors (Lipinski definition) is 2. The van der Waals surface area contributed by atoms with Gasteiger partial charge in [0.1, 0.15) is 0 Å². The van der Waals surface area contributed by atoms with E-state index in [0.717, 1.165) is 5.56 Å². The Kier molecular flexibility index (Phi) is 5.67. The molecule has 1 amide bonds. The fourth-order valence-corrected chi connectivity index (χ4v) is 3.52. The second-order valence-corrected chi connectivity index (χ2v) is 6.96. The van der Waals surface area contributed by atoms with Crippen LogP contribution in [0.2, 0.25) is 0 Å². The standard InChI is InChI=1S/C21H23F2NO2/c22-20(23)16-8-6-15(7-9-16)14-19(25)24-18-10-12-21(26,13-11-18)17-4-2-1-3-5-17/h1-9,18,20,26H,10-14H2,(H,24,25). The molecule has 1 saturated carbocycles. The van der Waals surface area contributed by atoms with Gasteiger partial charge in [-0.05, 0) is 36.8 Å². The van der Waals surface area contributed by atoms with E-state index in [-0.39, 0.29) is 23.9 Å². The van der Waals surface area contributed by atoms with Crippen molar-refractivity contribution in [1.82, 2.24) is 5.32 Å². The van der Waals surface area contributed by atoms with Gasteiger partial charge in [-0.1, -0.05) is 54.6 Å². The van der Waals surface area contributed by atoms with Gasteiger partial charge >= 0.3 is 0 Å². The second-order valence-electron chi connectivity index (χ2n) is 6.96. The molecule has 3 nitrogen and oxygen atoms in total. The van der Waals surface area contributed by atoms with Gasteiger partial charge in [-0.2, -0.15) is 0 Å². The normalized spacial score (nSPS) is 23.0. The maximum atomic E-state index is 12.6. The molecule has 0 aliphatic heterocycles. The molecule has 0 spiro atoms. The molecular weight excluding hydrogens is 336 g/mol. The van der Waals surface area contributed by atoms with Gasteiger partial charge in [0.05, 0.1) is 12.0 Å². The van der Waals surface area contributed by atoms with E-state index in [2.05, 4.69) is 5.32 Å². The highest BCUT2D eigenvalue weighted by atomic mass is 19.3. The molecule has 0 heterocycles. The van der Waals surface area contributed by atoms with E-state index in [1.807, 2.05) is 30.3 Å². The number of halogens is 2. The molecular formula is C21H23F2NO2. The molecule has 138 valence electrons. The van der Waals surface area contributed by atoms with Crippen LogP contribution >= 0.6 is 0 Å². The summed E-state index contributed by atoms with van der Waals surface area (Å²) in [6, 6.07) is 15.5. The van der Waals surface area contributed by atoms with Crippen LogP contribution in [0, 0.1) is 0 Å². The molecule has 26 heavy (non-hydrogen) atoms. The van der Waals surface area contributed by atoms with Gasteiger partial charge in [0.2, 0.25) is 5.91 Å². The molecule has 0 radical (unpaired) electrons. The Morgan fingerprint density at radius 3 is 2.27 bits per heavy atom. The summed E-state index contributed by atoms with van der Waals surface area (Å²) in [6.07, 6.45) is 0.297. The molecule has 0 unspecified atom stereocenters. The third-order valence-electron chi connectivity index (χ3n) is 5.09. The Morgan fingerprint density at radius 2 is 1.69 bits per heavy atom. The van der Waals surface area contributed by atoms with Gasteiger partial charge in [-0.15, -0.1) is 0 Å². The molecule has 1 aliphatic carbocycles. The van der Waals surface area contributed by atoms with Crippen LogP contribution in [0.3, 0.4) is 0 Å². The zero-order valence-corrected chi connectivity index (χ0v) is 14.5. The van der Waals surface area contributed by atoms with Crippen molar-refractivity contribution in [2.45, 2.75) is 50.2 Å². The van der Waals surface area contributed by atoms with Crippen LogP contribution in [0.4, 0.5) is 8.78 Å². The van der Waals surface area contributed by atoms with Crippen molar-refractivity contribution in [1.29, 1.82) is 0 Å². The number of alkyl halides is 2. The molecule has 0 aromatic heterocycles. The summed E-state index contributed by atoms with van der Waals surface area (Å²) in [7, 11) is 0. The summed E-state index contributed by atoms with van der Waals surface area (Å²) >= 11 is 0. The monoisotopic (exact) mass is 359 g/mol. The van der Waals surface area contributed by atoms with E-state index in [9.17, 15) is 18.7 Å². The number of aliphatic hydroxyl groups is 1. The van der Waals surface area contributed by atoms with Crippen molar-refractivity contribution in [2.75, 3.05) is 0 Å². The lowest BCUT2D eigenvalue weighted by atomic mass is 9.78. The summed E-state index contributed by atoms with van der Waals surface area (Å²) < 4.78 is 25.1. The molecule has 0 bridgehead atoms. The van der Waals surface area contributed by atoms with Crippen molar-refractivity contribution < 1.29 is 18.7 Å². The molecule has 5 heteroatoms. The largest absolute Gasteiger partial charge is 0.385 e. The molecule has 0 atom stereocenters. The first-order chi connectivity index (χ1) is 12.5. The predicted octanol–water partition coefficient (Wildman–Crippen LogP) is 4.11. The first-order valence-corrected chi connectivity index (χ1v) is 8.90. The maximum absolute atomic E-state index is 12.6. The Balaban J connectivity index is 1.50. The topological polar surface area (TPSA) is 49.3 Å². The van der Waals surface area contributed by atoms with Crippen LogP contribution in [0.25, 0.3) is 0 Å². The zero-order valence-electron chi connectivity index (χ0n) is 14.5. The first-order valence-electron chi connectivity index (χ1n) is 8.90. The maximum Gasteiger partial charge on any atom is 0.263 e. The minimum absolute atomic E-state index is 0.0341. The van der Waals surface area contributed by atoms with Crippen molar-refractivity contribution >= 4 is 5.91 Å². The van der Waals surface area contributed by atoms with Gasteiger partial charge < -0.3 is 10.4 Å². The van der Waals surface area contributed by atoms with Crippen molar-refractivity contribution in [2.24, 2.45) is 0 Å². The van der Waals surface area contributed by atoms with Gasteiger partial charge in [0, 0.05) is 11.6 Å². The number of nitrogens with one attached hydrogen (secondary N) is 1. The van der Waals surface area contributed by atoms with Gasteiger partial charge in [-0.3, -0.25) is 4.79 Å². The fraction of sp³-hybridized carbons (Fsp3) is 0.381. The molecule has 3 rings (SSSR count). The number of amides is 1. The SMILES string of the molecule is O=C(Cc1ccc(C(F)F)cc1)NC1CCC(O)(c2ccccc2)CC1. The lowest BCUT2D eigenvalue weighted by Gasteiger charge is -2.36. The van der Waals surface area contributed by atoms with E-state index < -0.39 is 12.0 Å². The van der Waals surface area contributed by atoms with E-state index in [1.54, 1.807) is 12.1 Å². The summed E-state index contributed by atoms with van der Waals surface area (Å²) in [5, 5.41) is 13.8. The summed E-state index contributed by atoms with van der Waals surface area (Å²) in [5.74, 6) is -0.120. The van der Waals surface area contributed by atoms with Crippen molar-refractivity contribution in [3.63, 3.8) is 0 Å². The smallest absolute Gasteiger partial charge is 0.263 e. The Morgan fingerprint density at radius 1 is 1.08 bits per heavy atom. The zero-order chi connectivity index (χ0) is 18.6. The Labute approximate surface area is 152 Å². The van der Waals surface area contributed by atoms with Crippen LogP contribution in [0.5, 0.6) is 0 Å². The highest BCUT2D eigenvalue weighted by Gasteiger charge is 2.34. The van der Waals surface area contributed by atoms with E-state index in [4.69, 9.17) is 0 Å². The molecule has 2 aromatic rings. The highest BCUT2D eigenvalue weighted by molar-refractivity contribution is 5.78. The van der Waals surface area contributed by atoms with Crippen molar-refractivity contribution in [3.05, 3.63) is 71.3 Å². The molecule has 0 saturated heterocycles. The average Bonchev–Trinajstić information content (AvgIpc) is 2.65. The summed E-state index contributed by atoms with van der Waals surface area (Å²) in [4.78, 5) is 12.2. The Hall–Kier alpha value is -2.27. The number of carbonyl (C=O) groups is 1. The van der Waals surface area contributed by atoms with Gasteiger partial charge in [0.25, 0.3) is 6.43 Å². The van der Waals surface area contributed by atoms with Gasteiger partial charge in [-0.25, -0.2) is 8.78 Å². The molecule has 2 N–H and O–H groups in total. The fourth-order valence-electron chi connectivity index (χ4n) is 3.52. The summed E-state index contributed by atoms with van der Waals surface area (Å²) in [5.41, 5.74) is 0.766. The van der Waals surface area contributed by atoms with Crippen LogP contribution in [0.1, 0.15) is 48.8 Å². The minimum atomic E-state index is -2.50. The first kappa shape index (κ1) is 18.5. The lowest BCUT2D eigenvalue weighted by molar-refractivity contribution is -0.122. The van der Waals surface area contributed by atoms with E-state index >= 15 is 0 Å². The molecule has 1 fully saturated rings. The third kappa shape index (κ3) is 4.47. The van der Waals surface area contributed by atoms with Crippen LogP contribution < -0.4 is 5.32 Å². The van der Waals surface area contributed by atoms with Crippen LogP contribution in [-0.4, -0.2) is 17.1 Å². The number of carbonyl (C=O) groups excluding carboxylic acids is 1. The van der Waals surface area contributed by atoms with Crippen LogP contribution in [-0.2, 0) is 16.8 Å². The summed E-state index contributed by atoms with van der Waals surface area (Å²) in [6.45, 7) is 0. The number of hydrogen-bond acceptors (Lipinski definition) is 2. The van der Waals surface area contributed by atoms with Crippen molar-refractivity contribution in [3.8, 4) is 0 Å².